The van der Waals surface area contributed by atoms with Crippen LogP contribution in [0.5, 0.6) is 28.7 Å². The molecule has 0 radical (unpaired) electrons. The van der Waals surface area contributed by atoms with Gasteiger partial charge < -0.3 is 28.8 Å². The van der Waals surface area contributed by atoms with Crippen LogP contribution < -0.4 is 23.7 Å². The summed E-state index contributed by atoms with van der Waals surface area (Å²) in [6.45, 7) is 4.23. The number of hydrogen-bond acceptors (Lipinski definition) is 7. The second-order valence-corrected chi connectivity index (χ2v) is 8.24. The molecule has 158 valence electrons. The van der Waals surface area contributed by atoms with Gasteiger partial charge in [-0.1, -0.05) is 13.8 Å². The maximum atomic E-state index is 13.6. The van der Waals surface area contributed by atoms with Crippen molar-refractivity contribution in [3.05, 3.63) is 41.0 Å². The number of aliphatic hydroxyl groups is 1. The average Bonchev–Trinajstić information content (AvgIpc) is 3.19. The molecule has 3 aliphatic heterocycles. The normalized spacial score (nSPS) is 25.9. The fourth-order valence-corrected chi connectivity index (χ4v) is 4.48. The van der Waals surface area contributed by atoms with Gasteiger partial charge in [-0.25, -0.2) is 0 Å². The summed E-state index contributed by atoms with van der Waals surface area (Å²) in [5, 5.41) is 11.6. The van der Waals surface area contributed by atoms with Crippen LogP contribution in [-0.4, -0.2) is 43.9 Å². The van der Waals surface area contributed by atoms with Gasteiger partial charge in [-0.15, -0.1) is 0 Å². The van der Waals surface area contributed by atoms with Crippen LogP contribution in [0.25, 0.3) is 0 Å². The molecule has 7 heteroatoms. The van der Waals surface area contributed by atoms with E-state index in [1.54, 1.807) is 24.3 Å². The topological polar surface area (TPSA) is 83.5 Å². The van der Waals surface area contributed by atoms with Gasteiger partial charge >= 0.3 is 0 Å². The molecule has 0 spiro atoms. The van der Waals surface area contributed by atoms with Crippen LogP contribution >= 0.6 is 0 Å². The molecule has 5 rings (SSSR count). The predicted octanol–water partition coefficient (Wildman–Crippen LogP) is 2.89. The molecule has 30 heavy (non-hydrogen) atoms. The molecule has 0 saturated carbocycles. The third kappa shape index (κ3) is 2.45. The Bertz CT molecular complexity index is 1040. The molecule has 0 aliphatic carbocycles. The Balaban J connectivity index is 1.63. The van der Waals surface area contributed by atoms with E-state index < -0.39 is 17.5 Å². The Labute approximate surface area is 174 Å². The van der Waals surface area contributed by atoms with Crippen LogP contribution in [-0.2, 0) is 12.0 Å². The highest BCUT2D eigenvalue weighted by molar-refractivity contribution is 6.07. The smallest absolute Gasteiger partial charge is 0.206 e. The van der Waals surface area contributed by atoms with Gasteiger partial charge in [-0.3, -0.25) is 4.79 Å². The monoisotopic (exact) mass is 412 g/mol. The number of methoxy groups -OCH3 is 2. The first-order valence-electron chi connectivity index (χ1n) is 10.0. The van der Waals surface area contributed by atoms with Crippen molar-refractivity contribution in [3.63, 3.8) is 0 Å². The highest BCUT2D eigenvalue weighted by Crippen LogP contribution is 2.51. The fraction of sp³-hybridized carbons (Fsp3) is 0.435. The lowest BCUT2D eigenvalue weighted by atomic mass is 9.77. The third-order valence-corrected chi connectivity index (χ3v) is 6.25. The van der Waals surface area contributed by atoms with Gasteiger partial charge in [-0.05, 0) is 24.1 Å². The Morgan fingerprint density at radius 1 is 1.10 bits per heavy atom. The van der Waals surface area contributed by atoms with Crippen molar-refractivity contribution in [2.45, 2.75) is 38.1 Å². The van der Waals surface area contributed by atoms with E-state index in [2.05, 4.69) is 13.8 Å². The van der Waals surface area contributed by atoms with E-state index in [9.17, 15) is 9.90 Å². The zero-order valence-electron chi connectivity index (χ0n) is 17.4. The first-order valence-corrected chi connectivity index (χ1v) is 10.0. The summed E-state index contributed by atoms with van der Waals surface area (Å²) < 4.78 is 28.8. The SMILES string of the molecule is COc1cc2c(cc1OC)[C@]1(O)C(=O)c3ccc4c(c3O[C@@H]1CO2)C[C@H](C(C)C)O4. The lowest BCUT2D eigenvalue weighted by molar-refractivity contribution is -0.0802. The Morgan fingerprint density at radius 3 is 2.53 bits per heavy atom. The standard InChI is InChI=1S/C23H24O7/c1-11(2)16-7-13-15(29-16)6-5-12-21(13)30-20-10-28-17-9-19(27-4)18(26-3)8-14(17)23(20,25)22(12)24/h5-6,8-9,11,16,20,25H,7,10H2,1-4H3/t16-,20-,23-/m1/s1. The van der Waals surface area contributed by atoms with Crippen LogP contribution in [0.3, 0.4) is 0 Å². The Hall–Kier alpha value is -2.93. The highest BCUT2D eigenvalue weighted by Gasteiger charge is 2.56. The minimum absolute atomic E-state index is 0.0301. The van der Waals surface area contributed by atoms with E-state index >= 15 is 0 Å². The summed E-state index contributed by atoms with van der Waals surface area (Å²) in [6.07, 6.45) is -0.185. The van der Waals surface area contributed by atoms with Crippen molar-refractivity contribution in [1.82, 2.24) is 0 Å². The van der Waals surface area contributed by atoms with Crippen molar-refractivity contribution in [2.75, 3.05) is 20.8 Å². The third-order valence-electron chi connectivity index (χ3n) is 6.25. The fourth-order valence-electron chi connectivity index (χ4n) is 4.48. The molecule has 2 aromatic carbocycles. The molecular weight excluding hydrogens is 388 g/mol. The highest BCUT2D eigenvalue weighted by atomic mass is 16.6. The van der Waals surface area contributed by atoms with E-state index in [1.165, 1.54) is 14.2 Å². The van der Waals surface area contributed by atoms with Gasteiger partial charge in [0.15, 0.2) is 23.2 Å². The molecular formula is C23H24O7. The van der Waals surface area contributed by atoms with E-state index in [-0.39, 0.29) is 12.7 Å². The van der Waals surface area contributed by atoms with Crippen LogP contribution in [0, 0.1) is 5.92 Å². The van der Waals surface area contributed by atoms with E-state index in [0.29, 0.717) is 46.5 Å². The first-order chi connectivity index (χ1) is 14.4. The Kier molecular flexibility index (Phi) is 4.15. The van der Waals surface area contributed by atoms with Gasteiger partial charge in [-0.2, -0.15) is 0 Å². The summed E-state index contributed by atoms with van der Waals surface area (Å²) >= 11 is 0. The number of Topliss-reactive ketones (excluding diaryl/α,β-unsaturated/α-hetero) is 1. The largest absolute Gasteiger partial charge is 0.493 e. The van der Waals surface area contributed by atoms with Crippen molar-refractivity contribution in [1.29, 1.82) is 0 Å². The first kappa shape index (κ1) is 19.1. The molecule has 1 N–H and O–H groups in total. The summed E-state index contributed by atoms with van der Waals surface area (Å²) in [5.74, 6) is 2.36. The summed E-state index contributed by atoms with van der Waals surface area (Å²) in [6, 6.07) is 6.66. The van der Waals surface area contributed by atoms with Crippen molar-refractivity contribution in [3.8, 4) is 28.7 Å². The van der Waals surface area contributed by atoms with Gasteiger partial charge in [0.25, 0.3) is 0 Å². The summed E-state index contributed by atoms with van der Waals surface area (Å²) in [5.41, 5.74) is -0.350. The molecule has 7 nitrogen and oxygen atoms in total. The number of carbonyl (C=O) groups excluding carboxylic acids is 1. The van der Waals surface area contributed by atoms with Crippen LogP contribution in [0.2, 0.25) is 0 Å². The predicted molar refractivity (Wildman–Crippen MR) is 107 cm³/mol. The molecule has 0 fully saturated rings. The minimum atomic E-state index is -1.88. The number of rotatable bonds is 3. The lowest BCUT2D eigenvalue weighted by Crippen LogP contribution is -2.57. The molecule has 0 amide bonds. The zero-order chi connectivity index (χ0) is 21.2. The molecule has 0 bridgehead atoms. The molecule has 0 saturated heterocycles. The molecule has 3 aliphatic rings. The number of hydrogen-bond donors (Lipinski definition) is 1. The maximum Gasteiger partial charge on any atom is 0.206 e. The van der Waals surface area contributed by atoms with Crippen LogP contribution in [0.1, 0.15) is 35.3 Å². The van der Waals surface area contributed by atoms with E-state index in [1.807, 2.05) is 0 Å². The second kappa shape index (κ2) is 6.54. The second-order valence-electron chi connectivity index (χ2n) is 8.24. The van der Waals surface area contributed by atoms with Crippen LogP contribution in [0.4, 0.5) is 0 Å². The molecule has 3 heterocycles. The number of fused-ring (bicyclic) bond motifs is 6. The number of ether oxygens (including phenoxy) is 5. The average molecular weight is 412 g/mol. The van der Waals surface area contributed by atoms with Gasteiger partial charge in [0.2, 0.25) is 5.78 Å². The van der Waals surface area contributed by atoms with Crippen LogP contribution in [0.15, 0.2) is 24.3 Å². The molecule has 0 unspecified atom stereocenters. The minimum Gasteiger partial charge on any atom is -0.493 e. The number of carbonyl (C=O) groups is 1. The quantitative estimate of drug-likeness (QED) is 0.830. The van der Waals surface area contributed by atoms with Gasteiger partial charge in [0, 0.05) is 23.6 Å². The van der Waals surface area contributed by atoms with Crippen molar-refractivity contribution < 1.29 is 33.6 Å². The molecule has 0 aromatic heterocycles. The molecule has 3 atom stereocenters. The number of ketones is 1. The van der Waals surface area contributed by atoms with Gasteiger partial charge in [0.05, 0.1) is 19.8 Å². The molecule has 2 aromatic rings. The summed E-state index contributed by atoms with van der Waals surface area (Å²) in [7, 11) is 3.02. The number of benzene rings is 2. The van der Waals surface area contributed by atoms with Crippen molar-refractivity contribution in [2.24, 2.45) is 5.92 Å². The summed E-state index contributed by atoms with van der Waals surface area (Å²) in [4.78, 5) is 13.6. The lowest BCUT2D eigenvalue weighted by Gasteiger charge is -2.43. The maximum absolute atomic E-state index is 13.6. The van der Waals surface area contributed by atoms with Crippen molar-refractivity contribution >= 4 is 5.78 Å². The Morgan fingerprint density at radius 2 is 1.83 bits per heavy atom. The van der Waals surface area contributed by atoms with Gasteiger partial charge in [0.1, 0.15) is 30.0 Å². The zero-order valence-corrected chi connectivity index (χ0v) is 17.4. The van der Waals surface area contributed by atoms with E-state index in [0.717, 1.165) is 11.3 Å². The van der Waals surface area contributed by atoms with E-state index in [4.69, 9.17) is 23.7 Å².